The normalized spacial score (nSPS) is 14.2. The molecule has 1 saturated heterocycles. The fraction of sp³-hybridized carbons (Fsp3) is 0.500. The third-order valence-electron chi connectivity index (χ3n) is 10.00. The van der Waals surface area contributed by atoms with Crippen LogP contribution in [-0.4, -0.2) is 65.3 Å². The molecule has 0 bridgehead atoms. The highest BCUT2D eigenvalue weighted by molar-refractivity contribution is 7.91. The van der Waals surface area contributed by atoms with Crippen molar-refractivity contribution in [3.8, 4) is 16.2 Å². The van der Waals surface area contributed by atoms with Gasteiger partial charge in [-0.3, -0.25) is 9.69 Å². The van der Waals surface area contributed by atoms with Gasteiger partial charge in [0.25, 0.3) is 0 Å². The molecule has 52 heavy (non-hydrogen) atoms. The number of thiophene rings is 1. The van der Waals surface area contributed by atoms with E-state index in [1.807, 2.05) is 12.1 Å². The van der Waals surface area contributed by atoms with E-state index in [4.69, 9.17) is 4.74 Å². The smallest absolute Gasteiger partial charge is 0.195 e. The van der Waals surface area contributed by atoms with Crippen molar-refractivity contribution < 1.29 is 26.4 Å². The Morgan fingerprint density at radius 2 is 1.27 bits per heavy atom. The lowest BCUT2D eigenvalue weighted by atomic mass is 9.97. The predicted octanol–water partition coefficient (Wildman–Crippen LogP) is 10.2. The Labute approximate surface area is 315 Å². The Bertz CT molecular complexity index is 1960. The van der Waals surface area contributed by atoms with E-state index >= 15 is 0 Å². The number of carbonyl (C=O) groups excluding carboxylic acids is 1. The second kappa shape index (κ2) is 19.3. The molecule has 0 N–H and O–H groups in total. The summed E-state index contributed by atoms with van der Waals surface area (Å²) < 4.78 is 59.7. The van der Waals surface area contributed by atoms with Gasteiger partial charge in [-0.1, -0.05) is 89.8 Å². The monoisotopic (exact) mass is 765 g/mol. The second-order valence-corrected chi connectivity index (χ2v) is 19.3. The molecule has 10 heteroatoms. The second-order valence-electron chi connectivity index (χ2n) is 14.1. The lowest BCUT2D eigenvalue weighted by molar-refractivity contribution is 0.104. The standard InChI is InChI=1S/C42H55NO6S3/c1-3-5-7-9-14-30-51(45,46)36-22-18-34(19-23-36)42-40(38-25-24-37(32-39(38)50-42)52(47,48)31-15-10-8-6-4-2)41(44)33-16-20-35(21-17-33)49-29-28-43-26-12-11-13-27-43/h16-25,32H,3-15,26-31H2,1-2H3. The number of hydrogen-bond donors (Lipinski definition) is 0. The SMILES string of the molecule is CCCCCCCS(=O)(=O)c1ccc(-c2sc3cc(S(=O)(=O)CCCCCCC)ccc3c2C(=O)c2ccc(OCCN3CCCCC3)cc2)cc1. The first-order valence-electron chi connectivity index (χ1n) is 19.3. The zero-order valence-electron chi connectivity index (χ0n) is 30.9. The summed E-state index contributed by atoms with van der Waals surface area (Å²) in [4.78, 5) is 17.9. The van der Waals surface area contributed by atoms with Crippen LogP contribution in [0.15, 0.2) is 76.5 Å². The number of rotatable bonds is 21. The van der Waals surface area contributed by atoms with Crippen molar-refractivity contribution in [3.05, 3.63) is 77.9 Å². The first-order valence-corrected chi connectivity index (χ1v) is 23.4. The van der Waals surface area contributed by atoms with Gasteiger partial charge in [-0.25, -0.2) is 16.8 Å². The molecule has 1 aromatic heterocycles. The minimum atomic E-state index is -3.50. The van der Waals surface area contributed by atoms with Gasteiger partial charge in [0.1, 0.15) is 12.4 Å². The molecular formula is C42H55NO6S3. The molecule has 3 aromatic carbocycles. The Hall–Kier alpha value is -3.05. The highest BCUT2D eigenvalue weighted by Gasteiger charge is 2.24. The molecule has 0 amide bonds. The number of ketones is 1. The molecule has 2 heterocycles. The molecule has 5 rings (SSSR count). The van der Waals surface area contributed by atoms with Crippen LogP contribution in [0.25, 0.3) is 20.5 Å². The van der Waals surface area contributed by atoms with Crippen molar-refractivity contribution in [1.82, 2.24) is 4.90 Å². The largest absolute Gasteiger partial charge is 0.492 e. The zero-order chi connectivity index (χ0) is 37.0. The van der Waals surface area contributed by atoms with Crippen LogP contribution in [-0.2, 0) is 19.7 Å². The zero-order valence-corrected chi connectivity index (χ0v) is 33.4. The van der Waals surface area contributed by atoms with Gasteiger partial charge in [-0.2, -0.15) is 0 Å². The summed E-state index contributed by atoms with van der Waals surface area (Å²) in [6.07, 6.45) is 13.2. The van der Waals surface area contributed by atoms with Crippen LogP contribution in [0.4, 0.5) is 0 Å². The van der Waals surface area contributed by atoms with Gasteiger partial charge < -0.3 is 4.74 Å². The Kier molecular flexibility index (Phi) is 14.9. The highest BCUT2D eigenvalue weighted by atomic mass is 32.2. The average Bonchev–Trinajstić information content (AvgIpc) is 3.54. The number of unbranched alkanes of at least 4 members (excludes halogenated alkanes) is 8. The molecule has 7 nitrogen and oxygen atoms in total. The van der Waals surface area contributed by atoms with Gasteiger partial charge in [-0.15, -0.1) is 11.3 Å². The Balaban J connectivity index is 1.41. The average molecular weight is 766 g/mol. The van der Waals surface area contributed by atoms with Crippen molar-refractivity contribution in [3.63, 3.8) is 0 Å². The van der Waals surface area contributed by atoms with Crippen LogP contribution >= 0.6 is 11.3 Å². The van der Waals surface area contributed by atoms with E-state index in [0.717, 1.165) is 71.0 Å². The van der Waals surface area contributed by atoms with Crippen molar-refractivity contribution in [2.75, 3.05) is 37.7 Å². The van der Waals surface area contributed by atoms with Gasteiger partial charge in [0.05, 0.1) is 21.3 Å². The molecule has 0 atom stereocenters. The Morgan fingerprint density at radius 1 is 0.692 bits per heavy atom. The summed E-state index contributed by atoms with van der Waals surface area (Å²) >= 11 is 1.36. The molecule has 0 spiro atoms. The molecular weight excluding hydrogens is 711 g/mol. The first-order chi connectivity index (χ1) is 25.1. The number of piperidine rings is 1. The van der Waals surface area contributed by atoms with Crippen molar-refractivity contribution in [2.24, 2.45) is 0 Å². The molecule has 1 fully saturated rings. The maximum Gasteiger partial charge on any atom is 0.195 e. The minimum Gasteiger partial charge on any atom is -0.492 e. The van der Waals surface area contributed by atoms with Crippen LogP contribution in [0.3, 0.4) is 0 Å². The lowest BCUT2D eigenvalue weighted by Crippen LogP contribution is -2.33. The van der Waals surface area contributed by atoms with Crippen molar-refractivity contribution >= 4 is 46.9 Å². The summed E-state index contributed by atoms with van der Waals surface area (Å²) in [5, 5.41) is 0.678. The fourth-order valence-corrected chi connectivity index (χ4v) is 10.9. The number of fused-ring (bicyclic) bond motifs is 1. The molecule has 1 aliphatic heterocycles. The van der Waals surface area contributed by atoms with Crippen LogP contribution in [0, 0.1) is 0 Å². The summed E-state index contributed by atoms with van der Waals surface area (Å²) in [5.74, 6) is 0.719. The third kappa shape index (κ3) is 10.8. The number of carbonyl (C=O) groups is 1. The number of sulfone groups is 2. The lowest BCUT2D eigenvalue weighted by Gasteiger charge is -2.26. The molecule has 4 aromatic rings. The van der Waals surface area contributed by atoms with Crippen molar-refractivity contribution in [1.29, 1.82) is 0 Å². The summed E-state index contributed by atoms with van der Waals surface area (Å²) in [6.45, 7) is 7.94. The number of likely N-dealkylation sites (tertiary alicyclic amines) is 1. The van der Waals surface area contributed by atoms with Gasteiger partial charge in [0.2, 0.25) is 0 Å². The summed E-state index contributed by atoms with van der Waals surface area (Å²) in [5.41, 5.74) is 1.69. The first kappa shape index (κ1) is 40.1. The van der Waals surface area contributed by atoms with E-state index in [2.05, 4.69) is 18.7 Å². The minimum absolute atomic E-state index is 0.0905. The topological polar surface area (TPSA) is 97.8 Å². The van der Waals surface area contributed by atoms with Crippen molar-refractivity contribution in [2.45, 2.75) is 107 Å². The molecule has 0 radical (unpaired) electrons. The van der Waals surface area contributed by atoms with Crippen LogP contribution in [0.5, 0.6) is 5.75 Å². The van der Waals surface area contributed by atoms with E-state index in [1.54, 1.807) is 54.6 Å². The summed E-state index contributed by atoms with van der Waals surface area (Å²) in [6, 6.07) is 19.0. The highest BCUT2D eigenvalue weighted by Crippen LogP contribution is 2.41. The quantitative estimate of drug-likeness (QED) is 0.0615. The third-order valence-corrected chi connectivity index (χ3v) is 14.8. The molecule has 1 aliphatic rings. The van der Waals surface area contributed by atoms with E-state index in [9.17, 15) is 21.6 Å². The van der Waals surface area contributed by atoms with E-state index in [0.29, 0.717) is 56.9 Å². The Morgan fingerprint density at radius 3 is 1.88 bits per heavy atom. The molecule has 0 unspecified atom stereocenters. The maximum absolute atomic E-state index is 14.3. The predicted molar refractivity (Wildman–Crippen MR) is 215 cm³/mol. The molecule has 0 aliphatic carbocycles. The van der Waals surface area contributed by atoms with Gasteiger partial charge in [0.15, 0.2) is 25.5 Å². The fourth-order valence-electron chi connectivity index (χ4n) is 6.86. The van der Waals surface area contributed by atoms with Gasteiger partial charge in [0, 0.05) is 32.6 Å². The molecule has 282 valence electrons. The van der Waals surface area contributed by atoms with Gasteiger partial charge in [-0.05, 0) is 92.9 Å². The van der Waals surface area contributed by atoms with E-state index in [1.165, 1.54) is 30.6 Å². The van der Waals surface area contributed by atoms with Crippen LogP contribution < -0.4 is 4.74 Å². The molecule has 0 saturated carbocycles. The van der Waals surface area contributed by atoms with E-state index in [-0.39, 0.29) is 27.1 Å². The number of benzene rings is 3. The number of nitrogens with zero attached hydrogens (tertiary/aromatic N) is 1. The number of ether oxygens (including phenoxy) is 1. The van der Waals surface area contributed by atoms with Crippen LogP contribution in [0.2, 0.25) is 0 Å². The van der Waals surface area contributed by atoms with Gasteiger partial charge >= 0.3 is 0 Å². The summed E-state index contributed by atoms with van der Waals surface area (Å²) in [7, 11) is -6.93. The number of hydrogen-bond acceptors (Lipinski definition) is 8. The van der Waals surface area contributed by atoms with Crippen LogP contribution in [0.1, 0.15) is 113 Å². The van der Waals surface area contributed by atoms with E-state index < -0.39 is 19.7 Å². The maximum atomic E-state index is 14.3.